The molecule has 7 nitrogen and oxygen atoms in total. The van der Waals surface area contributed by atoms with Gasteiger partial charge in [-0.15, -0.1) is 0 Å². The first-order valence-electron chi connectivity index (χ1n) is 7.48. The van der Waals surface area contributed by atoms with Gasteiger partial charge in [-0.1, -0.05) is 36.4 Å². The molecule has 24 heavy (non-hydrogen) atoms. The molecule has 0 saturated heterocycles. The van der Waals surface area contributed by atoms with Gasteiger partial charge in [-0.3, -0.25) is 14.8 Å². The highest BCUT2D eigenvalue weighted by molar-refractivity contribution is 5.84. The first-order valence-corrected chi connectivity index (χ1v) is 7.48. The Morgan fingerprint density at radius 2 is 1.83 bits per heavy atom. The number of primary amides is 1. The van der Waals surface area contributed by atoms with Crippen LogP contribution in [-0.2, 0) is 22.6 Å². The van der Waals surface area contributed by atoms with Gasteiger partial charge < -0.3 is 11.5 Å². The van der Waals surface area contributed by atoms with E-state index in [1.54, 1.807) is 24.3 Å². The van der Waals surface area contributed by atoms with Gasteiger partial charge in [0.2, 0.25) is 11.8 Å². The van der Waals surface area contributed by atoms with E-state index in [2.05, 4.69) is 4.98 Å². The summed E-state index contributed by atoms with van der Waals surface area (Å²) in [5.41, 5.74) is 12.3. The molecule has 2 aromatic rings. The van der Waals surface area contributed by atoms with Crippen molar-refractivity contribution in [3.8, 4) is 0 Å². The monoisotopic (exact) mass is 328 g/mol. The van der Waals surface area contributed by atoms with Crippen LogP contribution in [0.25, 0.3) is 0 Å². The number of carbonyl (C=O) groups is 2. The van der Waals surface area contributed by atoms with E-state index < -0.39 is 17.7 Å². The number of carbonyl (C=O) groups excluding carboxylic acids is 2. The second kappa shape index (κ2) is 8.07. The van der Waals surface area contributed by atoms with Crippen LogP contribution in [0.4, 0.5) is 5.82 Å². The Bertz CT molecular complexity index is 689. The Kier molecular flexibility index (Phi) is 5.86. The zero-order chi connectivity index (χ0) is 17.5. The van der Waals surface area contributed by atoms with Gasteiger partial charge in [-0.25, -0.2) is 10.0 Å². The number of anilines is 1. The lowest BCUT2D eigenvalue weighted by Crippen LogP contribution is -2.36. The van der Waals surface area contributed by atoms with Crippen molar-refractivity contribution in [3.63, 3.8) is 0 Å². The number of nitrogen functional groups attached to an aromatic ring is 1. The molecule has 2 amide bonds. The van der Waals surface area contributed by atoms with Crippen molar-refractivity contribution >= 4 is 17.6 Å². The Morgan fingerprint density at radius 1 is 1.12 bits per heavy atom. The summed E-state index contributed by atoms with van der Waals surface area (Å²) in [6.45, 7) is 0.0366. The number of hydrogen-bond acceptors (Lipinski definition) is 5. The van der Waals surface area contributed by atoms with Gasteiger partial charge in [-0.2, -0.15) is 0 Å². The number of nitrogens with two attached hydrogens (primary N) is 2. The molecule has 1 unspecified atom stereocenters. The minimum absolute atomic E-state index is 0.0366. The summed E-state index contributed by atoms with van der Waals surface area (Å²) < 4.78 is 0. The topological polar surface area (TPSA) is 123 Å². The van der Waals surface area contributed by atoms with Crippen molar-refractivity contribution in [2.24, 2.45) is 11.7 Å². The standard InChI is InChI=1S/C17H20N4O3/c18-15-7-6-13(10-20-15)8-14(9-16(19)22)17(23)21(24)11-12-4-2-1-3-5-12/h1-7,10,14,24H,8-9,11H2,(H2,18,20)(H2,19,22). The predicted molar refractivity (Wildman–Crippen MR) is 88.4 cm³/mol. The smallest absolute Gasteiger partial charge is 0.250 e. The SMILES string of the molecule is NC(=O)CC(Cc1ccc(N)nc1)C(=O)N(O)Cc1ccccc1. The zero-order valence-electron chi connectivity index (χ0n) is 13.1. The number of benzene rings is 1. The highest BCUT2D eigenvalue weighted by atomic mass is 16.5. The normalized spacial score (nSPS) is 11.7. The fraction of sp³-hybridized carbons (Fsp3) is 0.235. The largest absolute Gasteiger partial charge is 0.384 e. The molecule has 1 heterocycles. The van der Waals surface area contributed by atoms with Crippen LogP contribution >= 0.6 is 0 Å². The van der Waals surface area contributed by atoms with Crippen LogP contribution in [0.2, 0.25) is 0 Å². The molecule has 5 N–H and O–H groups in total. The van der Waals surface area contributed by atoms with E-state index in [0.717, 1.165) is 11.1 Å². The summed E-state index contributed by atoms with van der Waals surface area (Å²) >= 11 is 0. The van der Waals surface area contributed by atoms with E-state index in [1.165, 1.54) is 6.20 Å². The van der Waals surface area contributed by atoms with Crippen LogP contribution in [0.5, 0.6) is 0 Å². The van der Waals surface area contributed by atoms with Crippen molar-refractivity contribution in [3.05, 3.63) is 59.8 Å². The average Bonchev–Trinajstić information content (AvgIpc) is 2.56. The first-order chi connectivity index (χ1) is 11.5. The summed E-state index contributed by atoms with van der Waals surface area (Å²) in [7, 11) is 0. The minimum atomic E-state index is -0.762. The molecule has 126 valence electrons. The maximum atomic E-state index is 12.5. The highest BCUT2D eigenvalue weighted by Gasteiger charge is 2.26. The molecule has 0 saturated carbocycles. The lowest BCUT2D eigenvalue weighted by Gasteiger charge is -2.21. The molecule has 0 spiro atoms. The maximum absolute atomic E-state index is 12.5. The van der Waals surface area contributed by atoms with Crippen LogP contribution in [0.3, 0.4) is 0 Å². The molecule has 2 rings (SSSR count). The number of hydroxylamine groups is 2. The highest BCUT2D eigenvalue weighted by Crippen LogP contribution is 2.16. The molecular weight excluding hydrogens is 308 g/mol. The van der Waals surface area contributed by atoms with Gasteiger partial charge in [0.1, 0.15) is 5.82 Å². The van der Waals surface area contributed by atoms with Gasteiger partial charge in [-0.05, 0) is 23.6 Å². The number of amides is 2. The van der Waals surface area contributed by atoms with Crippen molar-refractivity contribution in [2.45, 2.75) is 19.4 Å². The van der Waals surface area contributed by atoms with Gasteiger partial charge in [0.05, 0.1) is 12.5 Å². The van der Waals surface area contributed by atoms with Crippen molar-refractivity contribution in [1.82, 2.24) is 10.0 Å². The second-order valence-electron chi connectivity index (χ2n) is 5.54. The zero-order valence-corrected chi connectivity index (χ0v) is 13.1. The molecule has 0 aliphatic heterocycles. The molecule has 0 fully saturated rings. The second-order valence-corrected chi connectivity index (χ2v) is 5.54. The fourth-order valence-electron chi connectivity index (χ4n) is 2.38. The third-order valence-corrected chi connectivity index (χ3v) is 3.56. The van der Waals surface area contributed by atoms with Crippen LogP contribution in [0, 0.1) is 5.92 Å². The Morgan fingerprint density at radius 3 is 2.42 bits per heavy atom. The van der Waals surface area contributed by atoms with E-state index in [9.17, 15) is 14.8 Å². The molecule has 0 radical (unpaired) electrons. The van der Waals surface area contributed by atoms with Gasteiger partial charge in [0.15, 0.2) is 0 Å². The van der Waals surface area contributed by atoms with E-state index >= 15 is 0 Å². The van der Waals surface area contributed by atoms with Crippen LogP contribution in [0.15, 0.2) is 48.7 Å². The van der Waals surface area contributed by atoms with E-state index in [-0.39, 0.29) is 19.4 Å². The quantitative estimate of drug-likeness (QED) is 0.519. The van der Waals surface area contributed by atoms with Crippen molar-refractivity contribution < 1.29 is 14.8 Å². The lowest BCUT2D eigenvalue weighted by atomic mass is 9.95. The van der Waals surface area contributed by atoms with E-state index in [0.29, 0.717) is 10.9 Å². The maximum Gasteiger partial charge on any atom is 0.250 e. The van der Waals surface area contributed by atoms with E-state index in [1.807, 2.05) is 18.2 Å². The van der Waals surface area contributed by atoms with E-state index in [4.69, 9.17) is 11.5 Å². The molecule has 0 bridgehead atoms. The number of rotatable bonds is 7. The molecule has 0 aliphatic carbocycles. The Hall–Kier alpha value is -2.93. The summed E-state index contributed by atoms with van der Waals surface area (Å²) in [5.74, 6) is -1.56. The molecular formula is C17H20N4O3. The number of aromatic nitrogens is 1. The number of hydrogen-bond donors (Lipinski definition) is 3. The molecule has 0 aliphatic rings. The number of nitrogens with zero attached hydrogens (tertiary/aromatic N) is 2. The Labute approximate surface area is 139 Å². The fourth-order valence-corrected chi connectivity index (χ4v) is 2.38. The predicted octanol–water partition coefficient (Wildman–Crippen LogP) is 1.12. The first kappa shape index (κ1) is 17.4. The number of pyridine rings is 1. The van der Waals surface area contributed by atoms with Gasteiger partial charge in [0.25, 0.3) is 0 Å². The summed E-state index contributed by atoms with van der Waals surface area (Å²) in [6.07, 6.45) is 1.62. The minimum Gasteiger partial charge on any atom is -0.384 e. The van der Waals surface area contributed by atoms with Gasteiger partial charge in [0, 0.05) is 12.6 Å². The Balaban J connectivity index is 2.09. The third-order valence-electron chi connectivity index (χ3n) is 3.56. The average molecular weight is 328 g/mol. The van der Waals surface area contributed by atoms with Crippen LogP contribution in [-0.4, -0.2) is 27.1 Å². The van der Waals surface area contributed by atoms with Gasteiger partial charge >= 0.3 is 0 Å². The van der Waals surface area contributed by atoms with Crippen LogP contribution in [0.1, 0.15) is 17.5 Å². The molecule has 7 heteroatoms. The van der Waals surface area contributed by atoms with Crippen molar-refractivity contribution in [1.29, 1.82) is 0 Å². The summed E-state index contributed by atoms with van der Waals surface area (Å²) in [4.78, 5) is 27.7. The van der Waals surface area contributed by atoms with Crippen LogP contribution < -0.4 is 11.5 Å². The summed E-state index contributed by atoms with van der Waals surface area (Å²) in [6, 6.07) is 12.4. The molecule has 1 atom stereocenters. The summed E-state index contributed by atoms with van der Waals surface area (Å²) in [5, 5.41) is 10.7. The van der Waals surface area contributed by atoms with Crippen molar-refractivity contribution in [2.75, 3.05) is 5.73 Å². The molecule has 1 aromatic heterocycles. The lowest BCUT2D eigenvalue weighted by molar-refractivity contribution is -0.173. The molecule has 1 aromatic carbocycles. The third kappa shape index (κ3) is 5.06.